The van der Waals surface area contributed by atoms with Gasteiger partial charge in [-0.05, 0) is 54.1 Å². The van der Waals surface area contributed by atoms with Crippen LogP contribution >= 0.6 is 0 Å². The van der Waals surface area contributed by atoms with Crippen LogP contribution in [0.15, 0.2) is 84.9 Å². The Morgan fingerprint density at radius 2 is 1.33 bits per heavy atom. The van der Waals surface area contributed by atoms with Gasteiger partial charge in [0, 0.05) is 43.3 Å². The summed E-state index contributed by atoms with van der Waals surface area (Å²) >= 11 is 0. The maximum absolute atomic E-state index is 3.52. The topological polar surface area (TPSA) is 15.3 Å². The van der Waals surface area contributed by atoms with Crippen molar-refractivity contribution < 1.29 is 0 Å². The standard InChI is InChI=1S/C28H30N2/c1-5-29-27-19-18-26(24-8-6-7-9-25(24)27)28(21-12-10-20(2)11-13-21)22-14-16-23(17-15-22)30(3)4/h6-19,28-29H,5H2,1-4H3. The van der Waals surface area contributed by atoms with Gasteiger partial charge in [-0.1, -0.05) is 72.3 Å². The minimum atomic E-state index is 0.183. The van der Waals surface area contributed by atoms with Crippen LogP contribution in [0, 0.1) is 6.92 Å². The van der Waals surface area contributed by atoms with Gasteiger partial charge in [-0.25, -0.2) is 0 Å². The van der Waals surface area contributed by atoms with E-state index in [0.717, 1.165) is 6.54 Å². The number of aryl methyl sites for hydroxylation is 1. The molecule has 0 aliphatic carbocycles. The molecule has 4 aromatic carbocycles. The fourth-order valence-corrected chi connectivity index (χ4v) is 4.19. The minimum Gasteiger partial charge on any atom is -0.385 e. The number of nitrogens with zero attached hydrogens (tertiary/aromatic N) is 1. The average Bonchev–Trinajstić information content (AvgIpc) is 2.77. The number of hydrogen-bond acceptors (Lipinski definition) is 2. The molecule has 0 fully saturated rings. The SMILES string of the molecule is CCNc1ccc(C(c2ccc(C)cc2)c2ccc(N(C)C)cc2)c2ccccc12. The molecule has 4 rings (SSSR count). The molecule has 0 saturated heterocycles. The van der Waals surface area contributed by atoms with E-state index in [4.69, 9.17) is 0 Å². The van der Waals surface area contributed by atoms with E-state index in [0.29, 0.717) is 0 Å². The summed E-state index contributed by atoms with van der Waals surface area (Å²) in [5.74, 6) is 0.183. The third kappa shape index (κ3) is 3.91. The lowest BCUT2D eigenvalue weighted by molar-refractivity contribution is 0.985. The zero-order valence-electron chi connectivity index (χ0n) is 18.3. The van der Waals surface area contributed by atoms with Crippen molar-refractivity contribution in [3.8, 4) is 0 Å². The average molecular weight is 395 g/mol. The summed E-state index contributed by atoms with van der Waals surface area (Å²) in [6.07, 6.45) is 0. The number of nitrogens with one attached hydrogen (secondary N) is 1. The molecule has 0 aliphatic rings. The molecular weight excluding hydrogens is 364 g/mol. The lowest BCUT2D eigenvalue weighted by Crippen LogP contribution is -2.09. The maximum Gasteiger partial charge on any atom is 0.0419 e. The van der Waals surface area contributed by atoms with Crippen LogP contribution in [0.3, 0.4) is 0 Å². The van der Waals surface area contributed by atoms with E-state index in [1.165, 1.54) is 44.4 Å². The molecule has 0 aliphatic heterocycles. The zero-order chi connectivity index (χ0) is 21.1. The fourth-order valence-electron chi connectivity index (χ4n) is 4.19. The second-order valence-electron chi connectivity index (χ2n) is 8.11. The van der Waals surface area contributed by atoms with Gasteiger partial charge in [-0.2, -0.15) is 0 Å². The minimum absolute atomic E-state index is 0.183. The van der Waals surface area contributed by atoms with Gasteiger partial charge in [0.1, 0.15) is 0 Å². The van der Waals surface area contributed by atoms with Crippen molar-refractivity contribution in [2.24, 2.45) is 0 Å². The molecule has 0 spiro atoms. The van der Waals surface area contributed by atoms with Gasteiger partial charge >= 0.3 is 0 Å². The Hall–Kier alpha value is -3.26. The van der Waals surface area contributed by atoms with Crippen LogP contribution in [0.2, 0.25) is 0 Å². The molecule has 0 radical (unpaired) electrons. The second kappa shape index (κ2) is 8.62. The smallest absolute Gasteiger partial charge is 0.0419 e. The highest BCUT2D eigenvalue weighted by atomic mass is 15.1. The normalized spacial score (nSPS) is 12.0. The van der Waals surface area contributed by atoms with E-state index in [-0.39, 0.29) is 5.92 Å². The van der Waals surface area contributed by atoms with Gasteiger partial charge in [0.25, 0.3) is 0 Å². The van der Waals surface area contributed by atoms with Gasteiger partial charge in [-0.3, -0.25) is 0 Å². The first-order valence-corrected chi connectivity index (χ1v) is 10.7. The quantitative estimate of drug-likeness (QED) is 0.361. The predicted octanol–water partition coefficient (Wildman–Crippen LogP) is 6.83. The summed E-state index contributed by atoms with van der Waals surface area (Å²) in [7, 11) is 4.17. The lowest BCUT2D eigenvalue weighted by Gasteiger charge is -2.23. The largest absolute Gasteiger partial charge is 0.385 e. The molecule has 2 nitrogen and oxygen atoms in total. The first kappa shape index (κ1) is 20.0. The van der Waals surface area contributed by atoms with Gasteiger partial charge in [0.05, 0.1) is 0 Å². The van der Waals surface area contributed by atoms with Gasteiger partial charge < -0.3 is 10.2 Å². The van der Waals surface area contributed by atoms with E-state index < -0.39 is 0 Å². The number of hydrogen-bond donors (Lipinski definition) is 1. The highest BCUT2D eigenvalue weighted by Crippen LogP contribution is 2.38. The molecular formula is C28H30N2. The summed E-state index contributed by atoms with van der Waals surface area (Å²) < 4.78 is 0. The third-order valence-electron chi connectivity index (χ3n) is 5.79. The van der Waals surface area contributed by atoms with Crippen molar-refractivity contribution in [2.45, 2.75) is 19.8 Å². The highest BCUT2D eigenvalue weighted by Gasteiger charge is 2.20. The molecule has 0 amide bonds. The molecule has 4 aromatic rings. The Balaban J connectivity index is 1.92. The van der Waals surface area contributed by atoms with E-state index in [9.17, 15) is 0 Å². The van der Waals surface area contributed by atoms with Crippen molar-refractivity contribution in [3.63, 3.8) is 0 Å². The summed E-state index contributed by atoms with van der Waals surface area (Å²) in [6.45, 7) is 5.20. The Labute approximate surface area is 180 Å². The van der Waals surface area contributed by atoms with Crippen molar-refractivity contribution in [3.05, 3.63) is 107 Å². The first-order chi connectivity index (χ1) is 14.6. The second-order valence-corrected chi connectivity index (χ2v) is 8.11. The van der Waals surface area contributed by atoms with E-state index in [1.807, 2.05) is 0 Å². The highest BCUT2D eigenvalue weighted by molar-refractivity contribution is 5.97. The number of benzene rings is 4. The van der Waals surface area contributed by atoms with Crippen LogP contribution in [0.4, 0.5) is 11.4 Å². The molecule has 1 N–H and O–H groups in total. The van der Waals surface area contributed by atoms with Crippen molar-refractivity contribution in [1.82, 2.24) is 0 Å². The maximum atomic E-state index is 3.52. The molecule has 1 atom stereocenters. The van der Waals surface area contributed by atoms with Crippen LogP contribution in [-0.4, -0.2) is 20.6 Å². The van der Waals surface area contributed by atoms with Crippen LogP contribution in [0.25, 0.3) is 10.8 Å². The summed E-state index contributed by atoms with van der Waals surface area (Å²) in [4.78, 5) is 2.14. The molecule has 0 saturated carbocycles. The van der Waals surface area contributed by atoms with E-state index in [2.05, 4.69) is 123 Å². The lowest BCUT2D eigenvalue weighted by atomic mass is 9.82. The van der Waals surface area contributed by atoms with Gasteiger partial charge in [-0.15, -0.1) is 0 Å². The number of fused-ring (bicyclic) bond motifs is 1. The Bertz CT molecular complexity index is 1130. The van der Waals surface area contributed by atoms with Gasteiger partial charge in [0.15, 0.2) is 0 Å². The van der Waals surface area contributed by atoms with Crippen LogP contribution in [0.1, 0.15) is 35.1 Å². The molecule has 0 bridgehead atoms. The molecule has 2 heteroatoms. The Kier molecular flexibility index (Phi) is 5.76. The first-order valence-electron chi connectivity index (χ1n) is 10.7. The number of rotatable bonds is 6. The summed E-state index contributed by atoms with van der Waals surface area (Å²) in [6, 6.07) is 31.2. The van der Waals surface area contributed by atoms with Crippen molar-refractivity contribution in [2.75, 3.05) is 30.9 Å². The molecule has 152 valence electrons. The summed E-state index contributed by atoms with van der Waals surface area (Å²) in [5.41, 5.74) is 7.67. The predicted molar refractivity (Wildman–Crippen MR) is 131 cm³/mol. The monoisotopic (exact) mass is 394 g/mol. The van der Waals surface area contributed by atoms with Crippen LogP contribution in [-0.2, 0) is 0 Å². The van der Waals surface area contributed by atoms with Crippen molar-refractivity contribution >= 4 is 22.1 Å². The van der Waals surface area contributed by atoms with Crippen LogP contribution in [0.5, 0.6) is 0 Å². The third-order valence-corrected chi connectivity index (χ3v) is 5.79. The molecule has 30 heavy (non-hydrogen) atoms. The molecule has 1 unspecified atom stereocenters. The van der Waals surface area contributed by atoms with E-state index in [1.54, 1.807) is 0 Å². The van der Waals surface area contributed by atoms with Crippen molar-refractivity contribution in [1.29, 1.82) is 0 Å². The Morgan fingerprint density at radius 3 is 1.93 bits per heavy atom. The molecule has 0 heterocycles. The Morgan fingerprint density at radius 1 is 0.733 bits per heavy atom. The van der Waals surface area contributed by atoms with Gasteiger partial charge in [0.2, 0.25) is 0 Å². The molecule has 0 aromatic heterocycles. The summed E-state index contributed by atoms with van der Waals surface area (Å²) in [5, 5.41) is 6.10. The van der Waals surface area contributed by atoms with Crippen LogP contribution < -0.4 is 10.2 Å². The fraction of sp³-hybridized carbons (Fsp3) is 0.214. The zero-order valence-corrected chi connectivity index (χ0v) is 18.3. The van der Waals surface area contributed by atoms with E-state index >= 15 is 0 Å². The number of anilines is 2.